The van der Waals surface area contributed by atoms with E-state index >= 15 is 0 Å². The molecular weight excluding hydrogens is 414 g/mol. The number of benzene rings is 2. The van der Waals surface area contributed by atoms with Gasteiger partial charge in [-0.3, -0.25) is 14.5 Å². The van der Waals surface area contributed by atoms with Crippen LogP contribution < -0.4 is 5.32 Å². The summed E-state index contributed by atoms with van der Waals surface area (Å²) in [7, 11) is 0. The maximum atomic E-state index is 12.7. The molecule has 1 aliphatic rings. The lowest BCUT2D eigenvalue weighted by atomic mass is 10.2. The number of carboxylic acids is 1. The molecule has 1 aliphatic heterocycles. The fourth-order valence-corrected chi connectivity index (χ4v) is 4.11. The highest BCUT2D eigenvalue weighted by molar-refractivity contribution is 8.15. The summed E-state index contributed by atoms with van der Waals surface area (Å²) in [5.41, 5.74) is 1.01. The predicted octanol–water partition coefficient (Wildman–Crippen LogP) is 4.02. The average molecular weight is 432 g/mol. The lowest BCUT2D eigenvalue weighted by molar-refractivity contribution is -0.129. The molecule has 1 unspecified atom stereocenters. The Kier molecular flexibility index (Phi) is 6.56. The molecule has 7 nitrogen and oxygen atoms in total. The Morgan fingerprint density at radius 1 is 1.28 bits per heavy atom. The lowest BCUT2D eigenvalue weighted by Crippen LogP contribution is -2.45. The molecule has 9 heteroatoms. The summed E-state index contributed by atoms with van der Waals surface area (Å²) in [5, 5.41) is 12.0. The van der Waals surface area contributed by atoms with Crippen molar-refractivity contribution >= 4 is 57.7 Å². The Morgan fingerprint density at radius 3 is 2.72 bits per heavy atom. The Morgan fingerprint density at radius 2 is 2.03 bits per heavy atom. The van der Waals surface area contributed by atoms with E-state index in [1.54, 1.807) is 36.4 Å². The van der Waals surface area contributed by atoms with E-state index in [-0.39, 0.29) is 23.8 Å². The average Bonchev–Trinajstić information content (AvgIpc) is 2.68. The molecule has 2 N–H and O–H groups in total. The molecule has 2 amide bonds. The van der Waals surface area contributed by atoms with Crippen LogP contribution in [-0.2, 0) is 9.59 Å². The van der Waals surface area contributed by atoms with Crippen LogP contribution in [-0.4, -0.2) is 44.8 Å². The molecule has 1 atom stereocenters. The Labute approximate surface area is 176 Å². The van der Waals surface area contributed by atoms with Crippen LogP contribution in [0.3, 0.4) is 0 Å². The number of hydrogen-bond donors (Lipinski definition) is 2. The summed E-state index contributed by atoms with van der Waals surface area (Å²) in [6, 6.07) is 12.9. The number of aromatic carboxylic acids is 1. The minimum atomic E-state index is -1.09. The number of nitrogens with zero attached hydrogens (tertiary/aromatic N) is 2. The van der Waals surface area contributed by atoms with Gasteiger partial charge in [-0.05, 0) is 43.3 Å². The van der Waals surface area contributed by atoms with E-state index in [2.05, 4.69) is 10.3 Å². The van der Waals surface area contributed by atoms with Gasteiger partial charge in [-0.15, -0.1) is 0 Å². The van der Waals surface area contributed by atoms with Gasteiger partial charge >= 0.3 is 5.97 Å². The number of hydrogen-bond acceptors (Lipinski definition) is 5. The third kappa shape index (κ3) is 5.16. The predicted molar refractivity (Wildman–Crippen MR) is 114 cm³/mol. The first-order chi connectivity index (χ1) is 13.9. The molecule has 0 radical (unpaired) electrons. The van der Waals surface area contributed by atoms with Crippen molar-refractivity contribution in [2.45, 2.75) is 18.6 Å². The maximum absolute atomic E-state index is 12.7. The maximum Gasteiger partial charge on any atom is 0.335 e. The Bertz CT molecular complexity index is 995. The normalized spacial score (nSPS) is 18.0. The quantitative estimate of drug-likeness (QED) is 0.744. The highest BCUT2D eigenvalue weighted by atomic mass is 35.5. The SMILES string of the molecule is CCN1C(=O)CC(C(=O)Nc2cccc(C(=O)O)c2)SC1=Nc1cccc(Cl)c1. The second-order valence-electron chi connectivity index (χ2n) is 6.20. The number of anilines is 1. The summed E-state index contributed by atoms with van der Waals surface area (Å²) in [6.07, 6.45) is 0.0253. The molecule has 1 saturated heterocycles. The van der Waals surface area contributed by atoms with Gasteiger partial charge in [-0.2, -0.15) is 0 Å². The largest absolute Gasteiger partial charge is 0.478 e. The smallest absolute Gasteiger partial charge is 0.335 e. The number of carboxylic acid groups (broad SMARTS) is 1. The van der Waals surface area contributed by atoms with Crippen LogP contribution in [0.15, 0.2) is 53.5 Å². The van der Waals surface area contributed by atoms with Gasteiger partial charge in [0.15, 0.2) is 5.17 Å². The minimum Gasteiger partial charge on any atom is -0.478 e. The van der Waals surface area contributed by atoms with Gasteiger partial charge in [-0.1, -0.05) is 35.5 Å². The third-order valence-corrected chi connectivity index (χ3v) is 5.58. The number of amidine groups is 1. The van der Waals surface area contributed by atoms with E-state index < -0.39 is 11.2 Å². The summed E-state index contributed by atoms with van der Waals surface area (Å²) in [4.78, 5) is 42.4. The van der Waals surface area contributed by atoms with Gasteiger partial charge < -0.3 is 10.4 Å². The lowest BCUT2D eigenvalue weighted by Gasteiger charge is -2.30. The number of carbonyl (C=O) groups is 3. The van der Waals surface area contributed by atoms with Crippen LogP contribution >= 0.6 is 23.4 Å². The molecule has 0 aliphatic carbocycles. The van der Waals surface area contributed by atoms with Crippen molar-refractivity contribution in [1.82, 2.24) is 4.90 Å². The highest BCUT2D eigenvalue weighted by Crippen LogP contribution is 2.30. The first kappa shape index (κ1) is 20.9. The molecule has 0 spiro atoms. The van der Waals surface area contributed by atoms with Gasteiger partial charge in [-0.25, -0.2) is 9.79 Å². The number of halogens is 1. The number of carbonyl (C=O) groups excluding carboxylic acids is 2. The van der Waals surface area contributed by atoms with Crippen molar-refractivity contribution < 1.29 is 19.5 Å². The van der Waals surface area contributed by atoms with Gasteiger partial charge in [0.05, 0.1) is 11.3 Å². The Balaban J connectivity index is 1.81. The fourth-order valence-electron chi connectivity index (χ4n) is 2.76. The number of aliphatic imine (C=N–C) groups is 1. The number of nitrogens with one attached hydrogen (secondary N) is 1. The molecule has 150 valence electrons. The zero-order valence-corrected chi connectivity index (χ0v) is 17.0. The second kappa shape index (κ2) is 9.11. The first-order valence-corrected chi connectivity index (χ1v) is 10.1. The zero-order valence-electron chi connectivity index (χ0n) is 15.5. The molecule has 1 fully saturated rings. The fraction of sp³-hybridized carbons (Fsp3) is 0.200. The monoisotopic (exact) mass is 431 g/mol. The summed E-state index contributed by atoms with van der Waals surface area (Å²) in [5.74, 6) is -1.68. The molecule has 0 aromatic heterocycles. The molecule has 2 aromatic rings. The van der Waals surface area contributed by atoms with E-state index in [4.69, 9.17) is 16.7 Å². The van der Waals surface area contributed by atoms with Crippen molar-refractivity contribution in [1.29, 1.82) is 0 Å². The second-order valence-corrected chi connectivity index (χ2v) is 7.80. The molecule has 2 aromatic carbocycles. The van der Waals surface area contributed by atoms with E-state index in [9.17, 15) is 14.4 Å². The topological polar surface area (TPSA) is 99.1 Å². The Hall–Kier alpha value is -2.84. The molecule has 0 saturated carbocycles. The van der Waals surface area contributed by atoms with Gasteiger partial charge in [0.25, 0.3) is 0 Å². The van der Waals surface area contributed by atoms with Gasteiger partial charge in [0, 0.05) is 23.7 Å². The van der Waals surface area contributed by atoms with E-state index in [0.717, 1.165) is 0 Å². The highest BCUT2D eigenvalue weighted by Gasteiger charge is 2.35. The van der Waals surface area contributed by atoms with Crippen molar-refractivity contribution in [3.05, 3.63) is 59.1 Å². The first-order valence-electron chi connectivity index (χ1n) is 8.83. The molecule has 29 heavy (non-hydrogen) atoms. The molecule has 3 rings (SSSR count). The molecular formula is C20H18ClN3O4S. The van der Waals surface area contributed by atoms with Crippen LogP contribution in [0, 0.1) is 0 Å². The third-order valence-electron chi connectivity index (χ3n) is 4.16. The van der Waals surface area contributed by atoms with Crippen LogP contribution in [0.2, 0.25) is 5.02 Å². The van der Waals surface area contributed by atoms with Crippen molar-refractivity contribution in [2.24, 2.45) is 4.99 Å². The zero-order chi connectivity index (χ0) is 21.0. The number of thioether (sulfide) groups is 1. The standard InChI is InChI=1S/C20H18ClN3O4S/c1-2-24-17(25)11-16(29-20(24)23-15-8-4-6-13(21)10-15)18(26)22-14-7-3-5-12(9-14)19(27)28/h3-10,16H,2,11H2,1H3,(H,22,26)(H,27,28). The van der Waals surface area contributed by atoms with Gasteiger partial charge in [0.2, 0.25) is 11.8 Å². The number of amides is 2. The van der Waals surface area contributed by atoms with Crippen molar-refractivity contribution in [2.75, 3.05) is 11.9 Å². The minimum absolute atomic E-state index is 0.0253. The summed E-state index contributed by atoms with van der Waals surface area (Å²) in [6.45, 7) is 2.27. The van der Waals surface area contributed by atoms with Gasteiger partial charge in [0.1, 0.15) is 5.25 Å². The van der Waals surface area contributed by atoms with E-state index in [0.29, 0.717) is 28.1 Å². The van der Waals surface area contributed by atoms with Crippen molar-refractivity contribution in [3.8, 4) is 0 Å². The summed E-state index contributed by atoms with van der Waals surface area (Å²) >= 11 is 7.19. The van der Waals surface area contributed by atoms with Crippen LogP contribution in [0.4, 0.5) is 11.4 Å². The van der Waals surface area contributed by atoms with Crippen LogP contribution in [0.25, 0.3) is 0 Å². The van der Waals surface area contributed by atoms with Crippen molar-refractivity contribution in [3.63, 3.8) is 0 Å². The van der Waals surface area contributed by atoms with Crippen LogP contribution in [0.1, 0.15) is 23.7 Å². The molecule has 1 heterocycles. The molecule has 0 bridgehead atoms. The van der Waals surface area contributed by atoms with E-state index in [1.165, 1.54) is 28.8 Å². The van der Waals surface area contributed by atoms with E-state index in [1.807, 2.05) is 6.92 Å². The summed E-state index contributed by atoms with van der Waals surface area (Å²) < 4.78 is 0. The van der Waals surface area contributed by atoms with Crippen LogP contribution in [0.5, 0.6) is 0 Å². The number of rotatable bonds is 5.